The van der Waals surface area contributed by atoms with Gasteiger partial charge in [-0.1, -0.05) is 12.1 Å². The van der Waals surface area contributed by atoms with Gasteiger partial charge in [0.2, 0.25) is 0 Å². The number of benzene rings is 2. The molecule has 2 aromatic carbocycles. The predicted octanol–water partition coefficient (Wildman–Crippen LogP) is 4.48. The molecule has 174 valence electrons. The molecule has 2 aromatic heterocycles. The van der Waals surface area contributed by atoms with Gasteiger partial charge in [0.1, 0.15) is 11.3 Å². The van der Waals surface area contributed by atoms with Crippen molar-refractivity contribution in [3.63, 3.8) is 0 Å². The van der Waals surface area contributed by atoms with E-state index in [2.05, 4.69) is 59.2 Å². The van der Waals surface area contributed by atoms with Crippen molar-refractivity contribution >= 4 is 22.6 Å². The summed E-state index contributed by atoms with van der Waals surface area (Å²) in [4.78, 5) is 27.6. The van der Waals surface area contributed by atoms with E-state index in [0.717, 1.165) is 47.7 Å². The topological polar surface area (TPSA) is 83.1 Å². The summed E-state index contributed by atoms with van der Waals surface area (Å²) in [5.41, 5.74) is 6.18. The first kappa shape index (κ1) is 22.1. The summed E-state index contributed by atoms with van der Waals surface area (Å²) >= 11 is 0. The number of carbonyl (C=O) groups is 1. The van der Waals surface area contributed by atoms with E-state index in [-0.39, 0.29) is 11.5 Å². The van der Waals surface area contributed by atoms with Gasteiger partial charge in [0.05, 0.1) is 23.3 Å². The third kappa shape index (κ3) is 4.52. The number of carbonyl (C=O) groups excluding carboxylic acids is 1. The molecule has 1 amide bonds. The number of para-hydroxylation sites is 1. The van der Waals surface area contributed by atoms with Crippen molar-refractivity contribution in [2.24, 2.45) is 0 Å². The van der Waals surface area contributed by atoms with Crippen LogP contribution in [0, 0.1) is 6.92 Å². The minimum Gasteiger partial charge on any atom is -0.372 e. The second kappa shape index (κ2) is 8.91. The molecule has 4 aromatic rings. The summed E-state index contributed by atoms with van der Waals surface area (Å²) in [5, 5.41) is 2.97. The summed E-state index contributed by atoms with van der Waals surface area (Å²) in [5.74, 6) is 0.600. The summed E-state index contributed by atoms with van der Waals surface area (Å²) in [6, 6.07) is 15.9. The largest absolute Gasteiger partial charge is 0.372 e. The van der Waals surface area contributed by atoms with E-state index >= 15 is 0 Å². The highest BCUT2D eigenvalue weighted by molar-refractivity contribution is 6.05. The van der Waals surface area contributed by atoms with E-state index in [9.17, 15) is 4.79 Å². The van der Waals surface area contributed by atoms with Gasteiger partial charge >= 0.3 is 0 Å². The average molecular weight is 456 g/mol. The SMILES string of the molecule is Cc1cc(N2CCOC(C)(C)C2)ccc1-c1nc2c(C(=O)NCc3cccnc3)cccc2[nH]1. The Labute approximate surface area is 199 Å². The number of H-pyrrole nitrogens is 1. The highest BCUT2D eigenvalue weighted by atomic mass is 16.5. The Bertz CT molecular complexity index is 1330. The van der Waals surface area contributed by atoms with Crippen LogP contribution in [-0.4, -0.2) is 46.2 Å². The van der Waals surface area contributed by atoms with Crippen LogP contribution in [0.3, 0.4) is 0 Å². The second-order valence-corrected chi connectivity index (χ2v) is 9.36. The summed E-state index contributed by atoms with van der Waals surface area (Å²) in [6.45, 7) is 9.22. The zero-order valence-electron chi connectivity index (χ0n) is 19.8. The molecule has 1 saturated heterocycles. The fraction of sp³-hybridized carbons (Fsp3) is 0.296. The van der Waals surface area contributed by atoms with E-state index in [1.807, 2.05) is 30.3 Å². The van der Waals surface area contributed by atoms with Crippen LogP contribution in [0.4, 0.5) is 5.69 Å². The number of morpholine rings is 1. The van der Waals surface area contributed by atoms with Crippen molar-refractivity contribution in [1.29, 1.82) is 0 Å². The highest BCUT2D eigenvalue weighted by Gasteiger charge is 2.27. The lowest BCUT2D eigenvalue weighted by Crippen LogP contribution is -2.48. The average Bonchev–Trinajstić information content (AvgIpc) is 3.26. The Hall–Kier alpha value is -3.71. The summed E-state index contributed by atoms with van der Waals surface area (Å²) in [6.07, 6.45) is 3.46. The Morgan fingerprint density at radius 2 is 2.09 bits per heavy atom. The number of hydrogen-bond donors (Lipinski definition) is 2. The number of hydrogen-bond acceptors (Lipinski definition) is 5. The number of nitrogens with one attached hydrogen (secondary N) is 2. The van der Waals surface area contributed by atoms with Gasteiger partial charge in [-0.05, 0) is 68.3 Å². The molecule has 0 saturated carbocycles. The predicted molar refractivity (Wildman–Crippen MR) is 134 cm³/mol. The van der Waals surface area contributed by atoms with E-state index in [1.165, 1.54) is 5.69 Å². The van der Waals surface area contributed by atoms with Crippen LogP contribution < -0.4 is 10.2 Å². The maximum Gasteiger partial charge on any atom is 0.253 e. The fourth-order valence-corrected chi connectivity index (χ4v) is 4.47. The molecule has 0 bridgehead atoms. The number of ether oxygens (including phenoxy) is 1. The van der Waals surface area contributed by atoms with Crippen molar-refractivity contribution in [2.45, 2.75) is 32.9 Å². The maximum absolute atomic E-state index is 12.9. The number of aromatic amines is 1. The van der Waals surface area contributed by atoms with Crippen molar-refractivity contribution in [3.05, 3.63) is 77.6 Å². The zero-order valence-corrected chi connectivity index (χ0v) is 19.8. The third-order valence-corrected chi connectivity index (χ3v) is 6.19. The number of nitrogens with zero attached hydrogens (tertiary/aromatic N) is 3. The van der Waals surface area contributed by atoms with Gasteiger partial charge in [0.25, 0.3) is 5.91 Å². The molecule has 1 aliphatic rings. The number of fused-ring (bicyclic) bond motifs is 1. The Morgan fingerprint density at radius 3 is 2.85 bits per heavy atom. The van der Waals surface area contributed by atoms with Crippen LogP contribution in [0.5, 0.6) is 0 Å². The molecule has 5 rings (SSSR count). The molecule has 34 heavy (non-hydrogen) atoms. The second-order valence-electron chi connectivity index (χ2n) is 9.36. The van der Waals surface area contributed by atoms with Gasteiger partial charge in [-0.2, -0.15) is 0 Å². The quantitative estimate of drug-likeness (QED) is 0.464. The molecule has 0 spiro atoms. The monoisotopic (exact) mass is 455 g/mol. The molecule has 0 unspecified atom stereocenters. The Morgan fingerprint density at radius 1 is 1.21 bits per heavy atom. The molecule has 1 fully saturated rings. The van der Waals surface area contributed by atoms with Crippen LogP contribution in [0.15, 0.2) is 60.9 Å². The van der Waals surface area contributed by atoms with Crippen molar-refractivity contribution in [1.82, 2.24) is 20.3 Å². The number of imidazole rings is 1. The summed E-state index contributed by atoms with van der Waals surface area (Å²) < 4.78 is 5.85. The molecule has 7 heteroatoms. The van der Waals surface area contributed by atoms with Crippen LogP contribution in [0.2, 0.25) is 0 Å². The fourth-order valence-electron chi connectivity index (χ4n) is 4.47. The van der Waals surface area contributed by atoms with Crippen LogP contribution >= 0.6 is 0 Å². The van der Waals surface area contributed by atoms with Gasteiger partial charge in [-0.25, -0.2) is 4.98 Å². The van der Waals surface area contributed by atoms with E-state index in [4.69, 9.17) is 9.72 Å². The minimum absolute atomic E-state index is 0.155. The molecule has 3 heterocycles. The lowest BCUT2D eigenvalue weighted by atomic mass is 10.0. The van der Waals surface area contributed by atoms with Gasteiger partial charge in [0, 0.05) is 43.3 Å². The number of aryl methyl sites for hydroxylation is 1. The third-order valence-electron chi connectivity index (χ3n) is 6.19. The number of pyridine rings is 1. The number of amides is 1. The van der Waals surface area contributed by atoms with Crippen molar-refractivity contribution in [2.75, 3.05) is 24.6 Å². The number of aromatic nitrogens is 3. The first-order valence-electron chi connectivity index (χ1n) is 11.6. The molecule has 0 atom stereocenters. The first-order chi connectivity index (χ1) is 16.4. The van der Waals surface area contributed by atoms with Gasteiger partial charge in [-0.15, -0.1) is 0 Å². The molecule has 0 radical (unpaired) electrons. The Kier molecular flexibility index (Phi) is 5.79. The normalized spacial score (nSPS) is 15.4. The Balaban J connectivity index is 1.40. The lowest BCUT2D eigenvalue weighted by molar-refractivity contribution is -0.0276. The summed E-state index contributed by atoms with van der Waals surface area (Å²) in [7, 11) is 0. The molecule has 1 aliphatic heterocycles. The van der Waals surface area contributed by atoms with Gasteiger partial charge in [0.15, 0.2) is 0 Å². The molecular weight excluding hydrogens is 426 g/mol. The molecular formula is C27H29N5O2. The molecule has 7 nitrogen and oxygen atoms in total. The van der Waals surface area contributed by atoms with Crippen LogP contribution in [0.25, 0.3) is 22.4 Å². The lowest BCUT2D eigenvalue weighted by Gasteiger charge is -2.39. The number of rotatable bonds is 5. The van der Waals surface area contributed by atoms with Crippen LogP contribution in [-0.2, 0) is 11.3 Å². The first-order valence-corrected chi connectivity index (χ1v) is 11.6. The molecule has 2 N–H and O–H groups in total. The number of anilines is 1. The van der Waals surface area contributed by atoms with Crippen molar-refractivity contribution < 1.29 is 9.53 Å². The molecule has 0 aliphatic carbocycles. The minimum atomic E-state index is -0.158. The zero-order chi connectivity index (χ0) is 23.7. The smallest absolute Gasteiger partial charge is 0.253 e. The van der Waals surface area contributed by atoms with Crippen molar-refractivity contribution in [3.8, 4) is 11.4 Å². The van der Waals surface area contributed by atoms with Gasteiger partial charge in [-0.3, -0.25) is 9.78 Å². The standard InChI is InChI=1S/C27H29N5O2/c1-18-14-20(32-12-13-34-27(2,3)17-32)9-10-21(18)25-30-23-8-4-7-22(24(23)31-25)26(33)29-16-19-6-5-11-28-15-19/h4-11,14-15H,12-13,16-17H2,1-3H3,(H,29,33)(H,30,31). The highest BCUT2D eigenvalue weighted by Crippen LogP contribution is 2.30. The maximum atomic E-state index is 12.9. The van der Waals surface area contributed by atoms with E-state index < -0.39 is 0 Å². The van der Waals surface area contributed by atoms with Crippen LogP contribution in [0.1, 0.15) is 35.3 Å². The van der Waals surface area contributed by atoms with E-state index in [1.54, 1.807) is 12.4 Å². The van der Waals surface area contributed by atoms with E-state index in [0.29, 0.717) is 17.6 Å². The van der Waals surface area contributed by atoms with Gasteiger partial charge < -0.3 is 19.9 Å².